The van der Waals surface area contributed by atoms with Crippen LogP contribution in [0.1, 0.15) is 44.3 Å². The van der Waals surface area contributed by atoms with Crippen LogP contribution in [0.15, 0.2) is 4.47 Å². The maximum absolute atomic E-state index is 5.86. The quantitative estimate of drug-likeness (QED) is 0.911. The molecule has 1 aliphatic rings. The third-order valence-electron chi connectivity index (χ3n) is 3.56. The van der Waals surface area contributed by atoms with Gasteiger partial charge in [-0.2, -0.15) is 0 Å². The van der Waals surface area contributed by atoms with E-state index in [1.54, 1.807) is 0 Å². The minimum Gasteiger partial charge on any atom is -0.372 e. The second-order valence-corrected chi connectivity index (χ2v) is 6.08. The van der Waals surface area contributed by atoms with Gasteiger partial charge in [-0.3, -0.25) is 4.90 Å². The van der Waals surface area contributed by atoms with Crippen molar-refractivity contribution in [2.75, 3.05) is 38.6 Å². The molecule has 112 valence electrons. The van der Waals surface area contributed by atoms with Crippen molar-refractivity contribution in [2.24, 2.45) is 0 Å². The van der Waals surface area contributed by atoms with Crippen LogP contribution in [0.4, 0.5) is 5.82 Å². The van der Waals surface area contributed by atoms with E-state index in [0.717, 1.165) is 48.1 Å². The largest absolute Gasteiger partial charge is 0.372 e. The predicted molar refractivity (Wildman–Crippen MR) is 84.2 cm³/mol. The van der Waals surface area contributed by atoms with Crippen LogP contribution in [-0.4, -0.2) is 48.2 Å². The van der Waals surface area contributed by atoms with Crippen LogP contribution in [-0.2, 0) is 4.74 Å². The van der Waals surface area contributed by atoms with Crippen molar-refractivity contribution >= 4 is 21.7 Å². The van der Waals surface area contributed by atoms with Crippen molar-refractivity contribution in [2.45, 2.75) is 32.8 Å². The number of morpholine rings is 1. The predicted octanol–water partition coefficient (Wildman–Crippen LogP) is 2.80. The molecule has 20 heavy (non-hydrogen) atoms. The van der Waals surface area contributed by atoms with Crippen molar-refractivity contribution < 1.29 is 4.74 Å². The average Bonchev–Trinajstić information content (AvgIpc) is 2.47. The topological polar surface area (TPSA) is 50.3 Å². The molecule has 0 saturated carbocycles. The third kappa shape index (κ3) is 3.30. The average molecular weight is 343 g/mol. The van der Waals surface area contributed by atoms with Crippen molar-refractivity contribution in [1.82, 2.24) is 14.9 Å². The fourth-order valence-electron chi connectivity index (χ4n) is 2.32. The molecule has 5 nitrogen and oxygen atoms in total. The van der Waals surface area contributed by atoms with Crippen LogP contribution in [0.5, 0.6) is 0 Å². The first-order valence-electron chi connectivity index (χ1n) is 7.15. The smallest absolute Gasteiger partial charge is 0.161 e. The van der Waals surface area contributed by atoms with E-state index in [1.165, 1.54) is 0 Å². The van der Waals surface area contributed by atoms with Gasteiger partial charge in [0.25, 0.3) is 0 Å². The lowest BCUT2D eigenvalue weighted by molar-refractivity contribution is -0.0326. The van der Waals surface area contributed by atoms with Gasteiger partial charge in [-0.15, -0.1) is 0 Å². The highest BCUT2D eigenvalue weighted by Crippen LogP contribution is 2.31. The monoisotopic (exact) mass is 342 g/mol. The fourth-order valence-corrected chi connectivity index (χ4v) is 3.15. The maximum Gasteiger partial charge on any atom is 0.161 e. The third-order valence-corrected chi connectivity index (χ3v) is 4.35. The normalized spacial score (nSPS) is 20.4. The number of rotatable bonds is 4. The SMILES string of the molecule is CCN1CCOC(c2nc(NC)c(Br)c(C(C)C)n2)C1. The Morgan fingerprint density at radius 3 is 2.80 bits per heavy atom. The van der Waals surface area contributed by atoms with Gasteiger partial charge in [0.2, 0.25) is 0 Å². The number of nitrogens with zero attached hydrogens (tertiary/aromatic N) is 3. The molecule has 0 aliphatic carbocycles. The van der Waals surface area contributed by atoms with Gasteiger partial charge in [-0.25, -0.2) is 9.97 Å². The van der Waals surface area contributed by atoms with Gasteiger partial charge in [0.05, 0.1) is 16.8 Å². The van der Waals surface area contributed by atoms with E-state index >= 15 is 0 Å². The number of likely N-dealkylation sites (N-methyl/N-ethyl adjacent to an activating group) is 1. The number of aromatic nitrogens is 2. The van der Waals surface area contributed by atoms with Gasteiger partial charge in [0, 0.05) is 20.1 Å². The van der Waals surface area contributed by atoms with Crippen molar-refractivity contribution in [3.05, 3.63) is 16.0 Å². The lowest BCUT2D eigenvalue weighted by Crippen LogP contribution is -2.38. The Morgan fingerprint density at radius 2 is 2.20 bits per heavy atom. The number of nitrogens with one attached hydrogen (secondary N) is 1. The molecule has 1 saturated heterocycles. The molecule has 2 rings (SSSR count). The molecule has 0 spiro atoms. The van der Waals surface area contributed by atoms with Crippen LogP contribution in [0.2, 0.25) is 0 Å². The maximum atomic E-state index is 5.86. The minimum atomic E-state index is -0.0404. The van der Waals surface area contributed by atoms with Gasteiger partial charge in [-0.05, 0) is 28.4 Å². The molecule has 0 radical (unpaired) electrons. The number of halogens is 1. The lowest BCUT2D eigenvalue weighted by Gasteiger charge is -2.31. The minimum absolute atomic E-state index is 0.0404. The summed E-state index contributed by atoms with van der Waals surface area (Å²) < 4.78 is 6.81. The van der Waals surface area contributed by atoms with Crippen molar-refractivity contribution in [1.29, 1.82) is 0 Å². The molecule has 1 fully saturated rings. The fraction of sp³-hybridized carbons (Fsp3) is 0.714. The molecular formula is C14H23BrN4O. The van der Waals surface area contributed by atoms with Crippen LogP contribution in [0.25, 0.3) is 0 Å². The Kier molecular flexibility index (Phi) is 5.35. The second kappa shape index (κ2) is 6.83. The standard InChI is InChI=1S/C14H23BrN4O/c1-5-19-6-7-20-10(8-19)13-17-12(9(2)3)11(15)14(16-4)18-13/h9-10H,5-8H2,1-4H3,(H,16,17,18). The number of hydrogen-bond acceptors (Lipinski definition) is 5. The Labute approximate surface area is 129 Å². The zero-order chi connectivity index (χ0) is 14.7. The summed E-state index contributed by atoms with van der Waals surface area (Å²) in [7, 11) is 1.88. The van der Waals surface area contributed by atoms with E-state index in [-0.39, 0.29) is 6.10 Å². The summed E-state index contributed by atoms with van der Waals surface area (Å²) in [5.74, 6) is 1.94. The van der Waals surface area contributed by atoms with Crippen LogP contribution in [0.3, 0.4) is 0 Å². The van der Waals surface area contributed by atoms with E-state index in [4.69, 9.17) is 9.72 Å². The van der Waals surface area contributed by atoms with Crippen LogP contribution < -0.4 is 5.32 Å². The highest BCUT2D eigenvalue weighted by Gasteiger charge is 2.25. The van der Waals surface area contributed by atoms with E-state index in [0.29, 0.717) is 5.92 Å². The van der Waals surface area contributed by atoms with Gasteiger partial charge in [-0.1, -0.05) is 20.8 Å². The summed E-state index contributed by atoms with van der Waals surface area (Å²) in [6.07, 6.45) is -0.0404. The molecule has 1 N–H and O–H groups in total. The van der Waals surface area contributed by atoms with Gasteiger partial charge >= 0.3 is 0 Å². The molecule has 1 atom stereocenters. The summed E-state index contributed by atoms with van der Waals surface area (Å²) in [6, 6.07) is 0. The molecule has 1 unspecified atom stereocenters. The van der Waals surface area contributed by atoms with E-state index in [2.05, 4.69) is 51.9 Å². The Hall–Kier alpha value is -0.720. The lowest BCUT2D eigenvalue weighted by atomic mass is 10.1. The van der Waals surface area contributed by atoms with E-state index < -0.39 is 0 Å². The van der Waals surface area contributed by atoms with Gasteiger partial charge in [0.1, 0.15) is 11.9 Å². The summed E-state index contributed by atoms with van der Waals surface area (Å²) in [6.45, 7) is 10.1. The Balaban J connectivity index is 2.33. The van der Waals surface area contributed by atoms with Crippen LogP contribution >= 0.6 is 15.9 Å². The molecule has 0 amide bonds. The Bertz CT molecular complexity index is 467. The van der Waals surface area contributed by atoms with E-state index in [9.17, 15) is 0 Å². The van der Waals surface area contributed by atoms with Crippen molar-refractivity contribution in [3.63, 3.8) is 0 Å². The first-order valence-corrected chi connectivity index (χ1v) is 7.95. The number of hydrogen-bond donors (Lipinski definition) is 1. The highest BCUT2D eigenvalue weighted by atomic mass is 79.9. The number of anilines is 1. The highest BCUT2D eigenvalue weighted by molar-refractivity contribution is 9.10. The molecule has 1 aromatic heterocycles. The molecule has 1 aromatic rings. The molecule has 6 heteroatoms. The van der Waals surface area contributed by atoms with Crippen LogP contribution in [0, 0.1) is 0 Å². The summed E-state index contributed by atoms with van der Waals surface area (Å²) in [4.78, 5) is 11.7. The Morgan fingerprint density at radius 1 is 1.45 bits per heavy atom. The summed E-state index contributed by atoms with van der Waals surface area (Å²) in [5.41, 5.74) is 1.02. The van der Waals surface area contributed by atoms with E-state index in [1.807, 2.05) is 7.05 Å². The van der Waals surface area contributed by atoms with Gasteiger partial charge in [0.15, 0.2) is 5.82 Å². The summed E-state index contributed by atoms with van der Waals surface area (Å²) >= 11 is 3.59. The molecule has 2 heterocycles. The second-order valence-electron chi connectivity index (χ2n) is 5.29. The van der Waals surface area contributed by atoms with Crippen molar-refractivity contribution in [3.8, 4) is 0 Å². The first kappa shape index (κ1) is 15.7. The summed E-state index contributed by atoms with van der Waals surface area (Å²) in [5, 5.41) is 3.13. The zero-order valence-corrected chi connectivity index (χ0v) is 14.2. The number of ether oxygens (including phenoxy) is 1. The molecule has 0 bridgehead atoms. The molecule has 0 aromatic carbocycles. The van der Waals surface area contributed by atoms with Gasteiger partial charge < -0.3 is 10.1 Å². The zero-order valence-electron chi connectivity index (χ0n) is 12.6. The first-order chi connectivity index (χ1) is 9.56. The molecular weight excluding hydrogens is 320 g/mol. The molecule has 1 aliphatic heterocycles.